The summed E-state index contributed by atoms with van der Waals surface area (Å²) in [7, 11) is 0. The Kier molecular flexibility index (Phi) is 6.15. The quantitative estimate of drug-likeness (QED) is 0.837. The summed E-state index contributed by atoms with van der Waals surface area (Å²) >= 11 is 0. The number of nitrogens with one attached hydrogen (secondary N) is 2. The highest BCUT2D eigenvalue weighted by atomic mass is 16.2. The smallest absolute Gasteiger partial charge is 0.270 e. The van der Waals surface area contributed by atoms with Crippen molar-refractivity contribution >= 4 is 11.8 Å². The minimum Gasteiger partial charge on any atom is -0.350 e. The fraction of sp³-hybridized carbons (Fsp3) is 0.533. The Balaban J connectivity index is 2.68. The first-order valence-corrected chi connectivity index (χ1v) is 7.05. The zero-order valence-electron chi connectivity index (χ0n) is 12.6. The molecular formula is C15H23N3O2. The van der Waals surface area contributed by atoms with E-state index in [2.05, 4.69) is 15.6 Å². The minimum atomic E-state index is -0.215. The summed E-state index contributed by atoms with van der Waals surface area (Å²) in [4.78, 5) is 27.8. The number of hydrogen-bond donors (Lipinski definition) is 2. The van der Waals surface area contributed by atoms with Gasteiger partial charge >= 0.3 is 0 Å². The molecule has 2 amide bonds. The molecule has 1 rings (SSSR count). The second-order valence-corrected chi connectivity index (χ2v) is 5.00. The standard InChI is InChI=1S/C15H23N3O2/c1-5-10(3)17-14(19)12-7-8-13(16-9-12)15(20)18-11(4)6-2/h7-11H,5-6H2,1-4H3,(H,17,19)(H,18,20)/t10-,11+/m1/s1. The molecule has 5 heteroatoms. The topological polar surface area (TPSA) is 71.1 Å². The van der Waals surface area contributed by atoms with Gasteiger partial charge in [-0.25, -0.2) is 0 Å². The van der Waals surface area contributed by atoms with Crippen molar-refractivity contribution in [1.29, 1.82) is 0 Å². The Morgan fingerprint density at radius 2 is 1.60 bits per heavy atom. The minimum absolute atomic E-state index is 0.109. The predicted molar refractivity (Wildman–Crippen MR) is 78.7 cm³/mol. The number of carbonyl (C=O) groups excluding carboxylic acids is 2. The van der Waals surface area contributed by atoms with Crippen LogP contribution in [0.25, 0.3) is 0 Å². The molecule has 0 radical (unpaired) electrons. The highest BCUT2D eigenvalue weighted by molar-refractivity contribution is 5.96. The molecule has 2 N–H and O–H groups in total. The largest absolute Gasteiger partial charge is 0.350 e. The molecule has 0 unspecified atom stereocenters. The number of hydrogen-bond acceptors (Lipinski definition) is 3. The molecule has 0 aliphatic heterocycles. The molecule has 0 fully saturated rings. The molecule has 2 atom stereocenters. The zero-order valence-corrected chi connectivity index (χ0v) is 12.6. The summed E-state index contributed by atoms with van der Waals surface area (Å²) in [5.74, 6) is -0.381. The molecular weight excluding hydrogens is 254 g/mol. The molecule has 1 aromatic rings. The van der Waals surface area contributed by atoms with Crippen LogP contribution < -0.4 is 10.6 Å². The van der Waals surface area contributed by atoms with E-state index in [1.165, 1.54) is 6.20 Å². The van der Waals surface area contributed by atoms with Gasteiger partial charge in [0.2, 0.25) is 0 Å². The molecule has 0 aromatic carbocycles. The van der Waals surface area contributed by atoms with Crippen LogP contribution in [0.5, 0.6) is 0 Å². The number of amides is 2. The van der Waals surface area contributed by atoms with Crippen LogP contribution in [-0.2, 0) is 0 Å². The van der Waals surface area contributed by atoms with Crippen molar-refractivity contribution in [2.45, 2.75) is 52.6 Å². The van der Waals surface area contributed by atoms with Crippen LogP contribution in [0.2, 0.25) is 0 Å². The molecule has 0 saturated heterocycles. The molecule has 0 spiro atoms. The van der Waals surface area contributed by atoms with Gasteiger partial charge in [-0.05, 0) is 38.8 Å². The fourth-order valence-electron chi connectivity index (χ4n) is 1.47. The van der Waals surface area contributed by atoms with Gasteiger partial charge in [-0.15, -0.1) is 0 Å². The fourth-order valence-corrected chi connectivity index (χ4v) is 1.47. The lowest BCUT2D eigenvalue weighted by atomic mass is 10.2. The third kappa shape index (κ3) is 4.64. The SMILES string of the molecule is CC[C@@H](C)NC(=O)c1ccc(C(=O)N[C@@H](C)CC)nc1. The van der Waals surface area contributed by atoms with Crippen molar-refractivity contribution < 1.29 is 9.59 Å². The normalized spacial score (nSPS) is 13.4. The van der Waals surface area contributed by atoms with Gasteiger partial charge in [0.25, 0.3) is 11.8 Å². The number of carbonyl (C=O) groups is 2. The van der Waals surface area contributed by atoms with Crippen LogP contribution in [-0.4, -0.2) is 28.9 Å². The highest BCUT2D eigenvalue weighted by Gasteiger charge is 2.12. The van der Waals surface area contributed by atoms with Crippen LogP contribution in [0, 0.1) is 0 Å². The van der Waals surface area contributed by atoms with Crippen molar-refractivity contribution in [3.8, 4) is 0 Å². The molecule has 5 nitrogen and oxygen atoms in total. The number of rotatable bonds is 6. The van der Waals surface area contributed by atoms with Gasteiger partial charge in [0.15, 0.2) is 0 Å². The van der Waals surface area contributed by atoms with Crippen molar-refractivity contribution in [2.75, 3.05) is 0 Å². The maximum atomic E-state index is 11.9. The van der Waals surface area contributed by atoms with E-state index < -0.39 is 0 Å². The first-order chi connectivity index (χ1) is 9.47. The second kappa shape index (κ2) is 7.62. The molecule has 1 heterocycles. The van der Waals surface area contributed by atoms with E-state index in [0.29, 0.717) is 11.3 Å². The van der Waals surface area contributed by atoms with E-state index in [1.807, 2.05) is 27.7 Å². The van der Waals surface area contributed by atoms with Gasteiger partial charge in [0, 0.05) is 18.3 Å². The first-order valence-electron chi connectivity index (χ1n) is 7.05. The van der Waals surface area contributed by atoms with Crippen molar-refractivity contribution in [2.24, 2.45) is 0 Å². The Morgan fingerprint density at radius 1 is 1.05 bits per heavy atom. The summed E-state index contributed by atoms with van der Waals surface area (Å²) in [6, 6.07) is 3.42. The van der Waals surface area contributed by atoms with Crippen LogP contribution >= 0.6 is 0 Å². The highest BCUT2D eigenvalue weighted by Crippen LogP contribution is 2.03. The lowest BCUT2D eigenvalue weighted by Crippen LogP contribution is -2.33. The average Bonchev–Trinajstić information content (AvgIpc) is 2.46. The van der Waals surface area contributed by atoms with E-state index in [0.717, 1.165) is 12.8 Å². The van der Waals surface area contributed by atoms with Gasteiger partial charge in [0.1, 0.15) is 5.69 Å². The number of pyridine rings is 1. The summed E-state index contributed by atoms with van der Waals surface area (Å²) in [6.07, 6.45) is 3.17. The maximum Gasteiger partial charge on any atom is 0.270 e. The number of nitrogens with zero attached hydrogens (tertiary/aromatic N) is 1. The number of aromatic nitrogens is 1. The molecule has 0 aliphatic rings. The van der Waals surface area contributed by atoms with Crippen LogP contribution in [0.15, 0.2) is 18.3 Å². The third-order valence-corrected chi connectivity index (χ3v) is 3.24. The average molecular weight is 277 g/mol. The molecule has 0 saturated carbocycles. The third-order valence-electron chi connectivity index (χ3n) is 3.24. The summed E-state index contributed by atoms with van der Waals surface area (Å²) in [5.41, 5.74) is 0.788. The van der Waals surface area contributed by atoms with Gasteiger partial charge in [-0.1, -0.05) is 13.8 Å². The van der Waals surface area contributed by atoms with Crippen LogP contribution in [0.1, 0.15) is 61.4 Å². The van der Waals surface area contributed by atoms with Crippen molar-refractivity contribution in [3.05, 3.63) is 29.6 Å². The maximum absolute atomic E-state index is 11.9. The Bertz CT molecular complexity index is 414. The van der Waals surface area contributed by atoms with E-state index >= 15 is 0 Å². The molecule has 1 aromatic heterocycles. The Morgan fingerprint density at radius 3 is 2.05 bits per heavy atom. The van der Waals surface area contributed by atoms with Gasteiger partial charge in [-0.3, -0.25) is 14.6 Å². The van der Waals surface area contributed by atoms with E-state index in [-0.39, 0.29) is 23.9 Å². The molecule has 20 heavy (non-hydrogen) atoms. The van der Waals surface area contributed by atoms with Crippen LogP contribution in [0.4, 0.5) is 0 Å². The monoisotopic (exact) mass is 277 g/mol. The summed E-state index contributed by atoms with van der Waals surface area (Å²) in [5, 5.41) is 5.69. The zero-order chi connectivity index (χ0) is 15.1. The summed E-state index contributed by atoms with van der Waals surface area (Å²) < 4.78 is 0. The first kappa shape index (κ1) is 16.1. The van der Waals surface area contributed by atoms with E-state index in [1.54, 1.807) is 12.1 Å². The second-order valence-electron chi connectivity index (χ2n) is 5.00. The Hall–Kier alpha value is -1.91. The van der Waals surface area contributed by atoms with Gasteiger partial charge in [-0.2, -0.15) is 0 Å². The molecule has 0 bridgehead atoms. The van der Waals surface area contributed by atoms with Gasteiger partial charge in [0.05, 0.1) is 5.56 Å². The van der Waals surface area contributed by atoms with Crippen LogP contribution in [0.3, 0.4) is 0 Å². The van der Waals surface area contributed by atoms with E-state index in [4.69, 9.17) is 0 Å². The summed E-state index contributed by atoms with van der Waals surface area (Å²) in [6.45, 7) is 7.89. The van der Waals surface area contributed by atoms with Crippen molar-refractivity contribution in [3.63, 3.8) is 0 Å². The van der Waals surface area contributed by atoms with Crippen molar-refractivity contribution in [1.82, 2.24) is 15.6 Å². The van der Waals surface area contributed by atoms with Gasteiger partial charge < -0.3 is 10.6 Å². The molecule has 0 aliphatic carbocycles. The lowest BCUT2D eigenvalue weighted by molar-refractivity contribution is 0.0922. The van der Waals surface area contributed by atoms with E-state index in [9.17, 15) is 9.59 Å². The predicted octanol–water partition coefficient (Wildman–Crippen LogP) is 2.14. The Labute approximate surface area is 120 Å². The molecule has 110 valence electrons. The lowest BCUT2D eigenvalue weighted by Gasteiger charge is -2.12.